The molecule has 138 valence electrons. The second-order valence-electron chi connectivity index (χ2n) is 5.94. The quantitative estimate of drug-likeness (QED) is 0.598. The van der Waals surface area contributed by atoms with Gasteiger partial charge in [-0.15, -0.1) is 0 Å². The number of hydrogen-bond donors (Lipinski definition) is 2. The third-order valence-electron chi connectivity index (χ3n) is 3.96. The number of aryl methyl sites for hydroxylation is 2. The summed E-state index contributed by atoms with van der Waals surface area (Å²) in [6.45, 7) is 4.26. The van der Waals surface area contributed by atoms with Gasteiger partial charge in [0.2, 0.25) is 0 Å². The van der Waals surface area contributed by atoms with Crippen molar-refractivity contribution in [2.45, 2.75) is 20.4 Å². The van der Waals surface area contributed by atoms with Crippen LogP contribution in [0.3, 0.4) is 0 Å². The first kappa shape index (κ1) is 19.6. The van der Waals surface area contributed by atoms with Crippen LogP contribution in [0.5, 0.6) is 0 Å². The van der Waals surface area contributed by atoms with Gasteiger partial charge in [0.05, 0.1) is 27.8 Å². The van der Waals surface area contributed by atoms with Crippen molar-refractivity contribution < 1.29 is 0 Å². The van der Waals surface area contributed by atoms with Crippen molar-refractivity contribution in [2.75, 3.05) is 5.32 Å². The van der Waals surface area contributed by atoms with Crippen LogP contribution < -0.4 is 11.1 Å². The van der Waals surface area contributed by atoms with Crippen LogP contribution in [0.25, 0.3) is 11.3 Å². The summed E-state index contributed by atoms with van der Waals surface area (Å²) in [5, 5.41) is 4.32. The van der Waals surface area contributed by atoms with E-state index >= 15 is 0 Å². The highest BCUT2D eigenvalue weighted by Gasteiger charge is 2.13. The summed E-state index contributed by atoms with van der Waals surface area (Å²) >= 11 is 17.9. The van der Waals surface area contributed by atoms with Gasteiger partial charge in [-0.05, 0) is 49.7 Å². The van der Waals surface area contributed by atoms with Gasteiger partial charge in [0.25, 0.3) is 0 Å². The average Bonchev–Trinajstić information content (AvgIpc) is 2.66. The Morgan fingerprint density at radius 3 is 2.63 bits per heavy atom. The molecular weight excluding hydrogens is 401 g/mol. The van der Waals surface area contributed by atoms with Crippen molar-refractivity contribution in [1.82, 2.24) is 15.0 Å². The molecule has 0 unspecified atom stereocenters. The Hall–Kier alpha value is -2.12. The average molecular weight is 418 g/mol. The molecule has 0 amide bonds. The van der Waals surface area contributed by atoms with Gasteiger partial charge in [-0.2, -0.15) is 0 Å². The molecule has 0 aliphatic carbocycles. The summed E-state index contributed by atoms with van der Waals surface area (Å²) in [6.07, 6.45) is 1.64. The fourth-order valence-electron chi connectivity index (χ4n) is 2.69. The Balaban J connectivity index is 1.92. The molecule has 3 aromatic rings. The van der Waals surface area contributed by atoms with Crippen LogP contribution in [0.1, 0.15) is 22.8 Å². The van der Waals surface area contributed by atoms with E-state index in [1.165, 1.54) is 0 Å². The van der Waals surface area contributed by atoms with Gasteiger partial charge in [0.1, 0.15) is 4.99 Å². The van der Waals surface area contributed by atoms with E-state index in [0.717, 1.165) is 28.2 Å². The van der Waals surface area contributed by atoms with Crippen LogP contribution >= 0.6 is 35.4 Å². The van der Waals surface area contributed by atoms with Gasteiger partial charge in [0.15, 0.2) is 5.82 Å². The molecule has 8 heteroatoms. The number of anilines is 1. The molecule has 2 aromatic heterocycles. The number of benzene rings is 1. The molecule has 0 saturated heterocycles. The Labute approximate surface area is 173 Å². The molecule has 2 heterocycles. The number of pyridine rings is 1. The van der Waals surface area contributed by atoms with Crippen LogP contribution in [0.4, 0.5) is 5.69 Å². The smallest absolute Gasteiger partial charge is 0.188 e. The molecular formula is C19H17Cl2N5S. The van der Waals surface area contributed by atoms with E-state index < -0.39 is 0 Å². The molecule has 0 bridgehead atoms. The van der Waals surface area contributed by atoms with Gasteiger partial charge >= 0.3 is 0 Å². The van der Waals surface area contributed by atoms with Gasteiger partial charge in [-0.3, -0.25) is 4.98 Å². The predicted molar refractivity (Wildman–Crippen MR) is 114 cm³/mol. The van der Waals surface area contributed by atoms with Crippen molar-refractivity contribution in [3.63, 3.8) is 0 Å². The second-order valence-corrected chi connectivity index (χ2v) is 7.19. The molecule has 0 saturated carbocycles. The maximum atomic E-state index is 6.28. The zero-order valence-electron chi connectivity index (χ0n) is 14.8. The number of aromatic nitrogens is 3. The molecule has 3 rings (SSSR count). The molecule has 0 radical (unpaired) electrons. The maximum absolute atomic E-state index is 6.28. The second kappa shape index (κ2) is 8.27. The highest BCUT2D eigenvalue weighted by atomic mass is 35.5. The van der Waals surface area contributed by atoms with E-state index in [1.807, 2.05) is 19.9 Å². The summed E-state index contributed by atoms with van der Waals surface area (Å²) in [5.74, 6) is 0.389. The highest BCUT2D eigenvalue weighted by Crippen LogP contribution is 2.29. The lowest BCUT2D eigenvalue weighted by Gasteiger charge is -2.14. The van der Waals surface area contributed by atoms with Crippen molar-refractivity contribution in [2.24, 2.45) is 5.73 Å². The summed E-state index contributed by atoms with van der Waals surface area (Å²) in [5.41, 5.74) is 10.5. The third-order valence-corrected chi connectivity index (χ3v) is 4.81. The van der Waals surface area contributed by atoms with E-state index in [9.17, 15) is 0 Å². The first-order valence-electron chi connectivity index (χ1n) is 8.16. The number of rotatable bonds is 4. The minimum atomic E-state index is 0.387. The van der Waals surface area contributed by atoms with Crippen LogP contribution in [-0.2, 0) is 6.54 Å². The molecule has 1 aromatic carbocycles. The number of nitrogens with one attached hydrogen (secondary N) is 1. The molecule has 0 atom stereocenters. The molecule has 0 fully saturated rings. The number of hydrogen-bond acceptors (Lipinski definition) is 5. The van der Waals surface area contributed by atoms with E-state index in [1.54, 1.807) is 30.5 Å². The summed E-state index contributed by atoms with van der Waals surface area (Å²) < 4.78 is 0. The van der Waals surface area contributed by atoms with Crippen LogP contribution in [0, 0.1) is 13.8 Å². The summed E-state index contributed by atoms with van der Waals surface area (Å²) in [7, 11) is 0. The highest BCUT2D eigenvalue weighted by molar-refractivity contribution is 7.81. The van der Waals surface area contributed by atoms with Crippen molar-refractivity contribution in [1.29, 1.82) is 0 Å². The largest absolute Gasteiger partial charge is 0.342 e. The zero-order valence-corrected chi connectivity index (χ0v) is 17.1. The van der Waals surface area contributed by atoms with E-state index in [4.69, 9.17) is 41.2 Å². The minimum Gasteiger partial charge on any atom is -0.342 e. The Bertz CT molecular complexity index is 1000. The van der Waals surface area contributed by atoms with Gasteiger partial charge in [0, 0.05) is 23.3 Å². The lowest BCUT2D eigenvalue weighted by atomic mass is 10.1. The van der Waals surface area contributed by atoms with E-state index in [-0.39, 0.29) is 0 Å². The first-order chi connectivity index (χ1) is 12.9. The van der Waals surface area contributed by atoms with Crippen molar-refractivity contribution in [3.05, 3.63) is 69.3 Å². The summed E-state index contributed by atoms with van der Waals surface area (Å²) in [4.78, 5) is 13.7. The van der Waals surface area contributed by atoms with Crippen LogP contribution in [0.2, 0.25) is 10.0 Å². The van der Waals surface area contributed by atoms with E-state index in [2.05, 4.69) is 20.3 Å². The summed E-state index contributed by atoms with van der Waals surface area (Å²) in [6, 6.07) is 8.91. The number of halogens is 2. The number of thiocarbonyl (C=S) groups is 1. The molecule has 5 nitrogen and oxygen atoms in total. The minimum absolute atomic E-state index is 0.387. The lowest BCUT2D eigenvalue weighted by Crippen LogP contribution is -2.17. The monoisotopic (exact) mass is 417 g/mol. The fraction of sp³-hybridized carbons (Fsp3) is 0.158. The fourth-order valence-corrected chi connectivity index (χ4v) is 3.27. The zero-order chi connectivity index (χ0) is 19.6. The molecule has 0 spiro atoms. The van der Waals surface area contributed by atoms with Crippen LogP contribution in [-0.4, -0.2) is 19.9 Å². The number of nitrogens with zero attached hydrogens (tertiary/aromatic N) is 3. The standard InChI is InChI=1S/C19H17Cl2N5S/c1-10-7-13(9-22)24-11(2)17(10)26-19(27)18-23-6-5-16(25-18)14-8-12(20)3-4-15(14)21/h3-8H,9,22H2,1-2H3,(H,26,27). The third kappa shape index (κ3) is 4.42. The first-order valence-corrected chi connectivity index (χ1v) is 9.32. The molecule has 3 N–H and O–H groups in total. The SMILES string of the molecule is Cc1cc(CN)nc(C)c1NC(=S)c1nccc(-c2cc(Cl)ccc2Cl)n1. The maximum Gasteiger partial charge on any atom is 0.188 e. The normalized spacial score (nSPS) is 10.7. The van der Waals surface area contributed by atoms with Gasteiger partial charge in [-0.25, -0.2) is 9.97 Å². The Morgan fingerprint density at radius 2 is 1.93 bits per heavy atom. The van der Waals surface area contributed by atoms with Crippen molar-refractivity contribution >= 4 is 46.1 Å². The molecule has 0 aliphatic rings. The van der Waals surface area contributed by atoms with Crippen LogP contribution in [0.15, 0.2) is 36.5 Å². The topological polar surface area (TPSA) is 76.7 Å². The molecule has 0 aliphatic heterocycles. The predicted octanol–water partition coefficient (Wildman–Crippen LogP) is 4.71. The van der Waals surface area contributed by atoms with Gasteiger partial charge in [-0.1, -0.05) is 35.4 Å². The number of nitrogens with two attached hydrogens (primary N) is 1. The van der Waals surface area contributed by atoms with E-state index in [0.29, 0.717) is 33.1 Å². The van der Waals surface area contributed by atoms with Gasteiger partial charge < -0.3 is 11.1 Å². The Morgan fingerprint density at radius 1 is 1.15 bits per heavy atom. The molecule has 27 heavy (non-hydrogen) atoms. The Kier molecular flexibility index (Phi) is 6.01. The lowest BCUT2D eigenvalue weighted by molar-refractivity contribution is 0.964. The van der Waals surface area contributed by atoms with Crippen molar-refractivity contribution in [3.8, 4) is 11.3 Å².